The predicted molar refractivity (Wildman–Crippen MR) is 129 cm³/mol. The maximum Gasteiger partial charge on any atom is 0.263 e. The third-order valence-electron chi connectivity index (χ3n) is 4.70. The Bertz CT molecular complexity index is 1310. The summed E-state index contributed by atoms with van der Waals surface area (Å²) in [4.78, 5) is 16.8. The lowest BCUT2D eigenvalue weighted by molar-refractivity contribution is 0.102. The molecular formula is C24H21N3O4S2. The third-order valence-corrected chi connectivity index (χ3v) is 6.87. The lowest BCUT2D eigenvalue weighted by atomic mass is 10.1. The van der Waals surface area contributed by atoms with Crippen LogP contribution in [-0.2, 0) is 16.4 Å². The number of thiazole rings is 1. The average Bonchev–Trinajstić information content (AvgIpc) is 3.33. The van der Waals surface area contributed by atoms with Crippen LogP contribution in [0.2, 0.25) is 0 Å². The molecule has 4 aromatic rings. The van der Waals surface area contributed by atoms with Crippen molar-refractivity contribution < 1.29 is 17.9 Å². The molecule has 0 aliphatic heterocycles. The minimum Gasteiger partial charge on any atom is -0.492 e. The molecule has 0 radical (unpaired) electrons. The van der Waals surface area contributed by atoms with Gasteiger partial charge in [-0.25, -0.2) is 13.4 Å². The molecule has 0 saturated carbocycles. The van der Waals surface area contributed by atoms with Crippen LogP contribution in [0.25, 0.3) is 0 Å². The number of nitrogens with zero attached hydrogens (tertiary/aromatic N) is 1. The molecule has 33 heavy (non-hydrogen) atoms. The van der Waals surface area contributed by atoms with E-state index in [1.807, 2.05) is 36.4 Å². The summed E-state index contributed by atoms with van der Waals surface area (Å²) in [5.41, 5.74) is 2.01. The van der Waals surface area contributed by atoms with Crippen molar-refractivity contribution in [1.29, 1.82) is 0 Å². The summed E-state index contributed by atoms with van der Waals surface area (Å²) < 4.78 is 33.2. The second kappa shape index (κ2) is 10.3. The van der Waals surface area contributed by atoms with E-state index in [1.54, 1.807) is 23.6 Å². The zero-order valence-corrected chi connectivity index (χ0v) is 19.1. The molecule has 3 aromatic carbocycles. The van der Waals surface area contributed by atoms with Crippen LogP contribution < -0.4 is 14.8 Å². The number of carbonyl (C=O) groups excluding carboxylic acids is 1. The predicted octanol–water partition coefficient (Wildman–Crippen LogP) is 4.82. The van der Waals surface area contributed by atoms with E-state index in [-0.39, 0.29) is 15.9 Å². The van der Waals surface area contributed by atoms with Crippen molar-refractivity contribution in [2.45, 2.75) is 11.3 Å². The molecule has 4 rings (SSSR count). The Morgan fingerprint density at radius 2 is 1.67 bits per heavy atom. The number of rotatable bonds is 9. The van der Waals surface area contributed by atoms with Crippen molar-refractivity contribution >= 4 is 38.1 Å². The highest BCUT2D eigenvalue weighted by Crippen LogP contribution is 2.22. The first kappa shape index (κ1) is 22.5. The number of hydrogen-bond donors (Lipinski definition) is 2. The van der Waals surface area contributed by atoms with Gasteiger partial charge in [-0.2, -0.15) is 0 Å². The highest BCUT2D eigenvalue weighted by molar-refractivity contribution is 7.93. The van der Waals surface area contributed by atoms with Crippen LogP contribution in [0.3, 0.4) is 0 Å². The van der Waals surface area contributed by atoms with Crippen LogP contribution in [0.1, 0.15) is 15.9 Å². The SMILES string of the molecule is O=C(Nc1ccc(S(=O)(=O)Nc2nccs2)cc1)c1ccccc1OCCc1ccccc1. The molecule has 1 heterocycles. The molecule has 0 bridgehead atoms. The zero-order valence-electron chi connectivity index (χ0n) is 17.5. The second-order valence-electron chi connectivity index (χ2n) is 7.00. The molecule has 0 saturated heterocycles. The third kappa shape index (κ3) is 5.97. The van der Waals surface area contributed by atoms with Crippen molar-refractivity contribution in [3.05, 3.63) is 102 Å². The van der Waals surface area contributed by atoms with Gasteiger partial charge in [0.25, 0.3) is 15.9 Å². The summed E-state index contributed by atoms with van der Waals surface area (Å²) in [6, 6.07) is 22.9. The van der Waals surface area contributed by atoms with Crippen molar-refractivity contribution in [2.24, 2.45) is 0 Å². The summed E-state index contributed by atoms with van der Waals surface area (Å²) in [5.74, 6) is 0.139. The lowest BCUT2D eigenvalue weighted by Crippen LogP contribution is -2.15. The van der Waals surface area contributed by atoms with Gasteiger partial charge in [-0.1, -0.05) is 42.5 Å². The van der Waals surface area contributed by atoms with E-state index < -0.39 is 10.0 Å². The number of aromatic nitrogens is 1. The quantitative estimate of drug-likeness (QED) is 0.359. The van der Waals surface area contributed by atoms with E-state index in [0.29, 0.717) is 23.6 Å². The molecule has 1 amide bonds. The summed E-state index contributed by atoms with van der Waals surface area (Å²) in [6.45, 7) is 0.437. The van der Waals surface area contributed by atoms with Gasteiger partial charge in [0.1, 0.15) is 5.75 Å². The Morgan fingerprint density at radius 3 is 2.39 bits per heavy atom. The Balaban J connectivity index is 1.40. The van der Waals surface area contributed by atoms with Crippen molar-refractivity contribution in [3.8, 4) is 5.75 Å². The molecule has 0 unspecified atom stereocenters. The number of hydrogen-bond acceptors (Lipinski definition) is 6. The molecule has 0 atom stereocenters. The van der Waals surface area contributed by atoms with Crippen LogP contribution >= 0.6 is 11.3 Å². The molecule has 0 spiro atoms. The van der Waals surface area contributed by atoms with E-state index in [1.165, 1.54) is 41.8 Å². The van der Waals surface area contributed by atoms with Crippen molar-refractivity contribution in [1.82, 2.24) is 4.98 Å². The first-order valence-corrected chi connectivity index (χ1v) is 12.5. The van der Waals surface area contributed by atoms with Gasteiger partial charge in [0, 0.05) is 23.7 Å². The summed E-state index contributed by atoms with van der Waals surface area (Å²) in [6.07, 6.45) is 2.24. The standard InChI is InChI=1S/C24H21N3O4S2/c28-23(21-8-4-5-9-22(21)31-16-14-18-6-2-1-3-7-18)26-19-10-12-20(13-11-19)33(29,30)27-24-25-15-17-32-24/h1-13,15,17H,14,16H2,(H,25,27)(H,26,28). The number of benzene rings is 3. The lowest BCUT2D eigenvalue weighted by Gasteiger charge is -2.12. The van der Waals surface area contributed by atoms with E-state index in [4.69, 9.17) is 4.74 Å². The van der Waals surface area contributed by atoms with Gasteiger partial charge in [0.2, 0.25) is 0 Å². The monoisotopic (exact) mass is 479 g/mol. The number of amides is 1. The highest BCUT2D eigenvalue weighted by atomic mass is 32.2. The number of anilines is 2. The summed E-state index contributed by atoms with van der Waals surface area (Å²) >= 11 is 1.19. The van der Waals surface area contributed by atoms with E-state index >= 15 is 0 Å². The molecule has 9 heteroatoms. The number of sulfonamides is 1. The topological polar surface area (TPSA) is 97.4 Å². The minimum absolute atomic E-state index is 0.0698. The fraction of sp³-hybridized carbons (Fsp3) is 0.0833. The normalized spacial score (nSPS) is 11.0. The fourth-order valence-electron chi connectivity index (χ4n) is 3.07. The molecule has 1 aromatic heterocycles. The van der Waals surface area contributed by atoms with Crippen LogP contribution in [0, 0.1) is 0 Å². The van der Waals surface area contributed by atoms with Gasteiger partial charge in [-0.3, -0.25) is 9.52 Å². The Kier molecular flexibility index (Phi) is 7.01. The first-order valence-electron chi connectivity index (χ1n) is 10.1. The molecule has 168 valence electrons. The Morgan fingerprint density at radius 1 is 0.939 bits per heavy atom. The Hall–Kier alpha value is -3.69. The van der Waals surface area contributed by atoms with Gasteiger partial charge in [0.05, 0.1) is 17.1 Å². The largest absolute Gasteiger partial charge is 0.492 e. The minimum atomic E-state index is -3.76. The van der Waals surface area contributed by atoms with Crippen LogP contribution in [0.15, 0.2) is 95.3 Å². The average molecular weight is 480 g/mol. The smallest absolute Gasteiger partial charge is 0.263 e. The second-order valence-corrected chi connectivity index (χ2v) is 9.58. The fourth-order valence-corrected chi connectivity index (χ4v) is 4.86. The van der Waals surface area contributed by atoms with E-state index in [0.717, 1.165) is 12.0 Å². The maximum absolute atomic E-state index is 12.8. The number of carbonyl (C=O) groups is 1. The molecule has 0 fully saturated rings. The van der Waals surface area contributed by atoms with Crippen LogP contribution in [0.4, 0.5) is 10.8 Å². The van der Waals surface area contributed by atoms with Crippen LogP contribution in [0.5, 0.6) is 5.75 Å². The number of ether oxygens (including phenoxy) is 1. The molecular weight excluding hydrogens is 458 g/mol. The first-order chi connectivity index (χ1) is 16.0. The maximum atomic E-state index is 12.8. The molecule has 2 N–H and O–H groups in total. The molecule has 0 aliphatic rings. The highest BCUT2D eigenvalue weighted by Gasteiger charge is 2.16. The van der Waals surface area contributed by atoms with Crippen LogP contribution in [-0.4, -0.2) is 25.9 Å². The van der Waals surface area contributed by atoms with Crippen molar-refractivity contribution in [3.63, 3.8) is 0 Å². The number of nitrogens with one attached hydrogen (secondary N) is 2. The van der Waals surface area contributed by atoms with E-state index in [2.05, 4.69) is 15.0 Å². The van der Waals surface area contributed by atoms with Gasteiger partial charge in [-0.05, 0) is 42.0 Å². The van der Waals surface area contributed by atoms with Gasteiger partial charge in [0.15, 0.2) is 5.13 Å². The zero-order chi connectivity index (χ0) is 23.1. The molecule has 0 aliphatic carbocycles. The van der Waals surface area contributed by atoms with E-state index in [9.17, 15) is 13.2 Å². The molecule has 7 nitrogen and oxygen atoms in total. The van der Waals surface area contributed by atoms with Gasteiger partial charge >= 0.3 is 0 Å². The Labute approximate surface area is 196 Å². The van der Waals surface area contributed by atoms with Gasteiger partial charge < -0.3 is 10.1 Å². The van der Waals surface area contributed by atoms with Gasteiger partial charge in [-0.15, -0.1) is 11.3 Å². The number of para-hydroxylation sites is 1. The van der Waals surface area contributed by atoms with Crippen molar-refractivity contribution in [2.75, 3.05) is 16.6 Å². The summed E-state index contributed by atoms with van der Waals surface area (Å²) in [7, 11) is -3.76. The summed E-state index contributed by atoms with van der Waals surface area (Å²) in [5, 5.41) is 4.75.